The summed E-state index contributed by atoms with van der Waals surface area (Å²) in [5.41, 5.74) is 0. The molecule has 2 heteroatoms. The van der Waals surface area contributed by atoms with Crippen LogP contribution in [-0.2, 0) is 4.43 Å². The maximum absolute atomic E-state index is 6.21. The van der Waals surface area contributed by atoms with Gasteiger partial charge in [-0.25, -0.2) is 0 Å². The van der Waals surface area contributed by atoms with Crippen LogP contribution >= 0.6 is 0 Å². The Morgan fingerprint density at radius 3 is 2.27 bits per heavy atom. The second kappa shape index (κ2) is 5.53. The molecule has 1 atom stereocenters. The molecule has 0 aromatic rings. The van der Waals surface area contributed by atoms with Gasteiger partial charge < -0.3 is 4.43 Å². The second-order valence-corrected chi connectivity index (χ2v) is 10.1. The van der Waals surface area contributed by atoms with Crippen molar-refractivity contribution in [2.24, 2.45) is 0 Å². The summed E-state index contributed by atoms with van der Waals surface area (Å²) in [6, 6.07) is 0. The van der Waals surface area contributed by atoms with E-state index in [1.807, 2.05) is 6.08 Å². The van der Waals surface area contributed by atoms with Crippen LogP contribution < -0.4 is 0 Å². The fourth-order valence-electron chi connectivity index (χ4n) is 0.977. The molecule has 0 fully saturated rings. The molecule has 0 bridgehead atoms. The molecule has 0 aliphatic carbocycles. The van der Waals surface area contributed by atoms with Gasteiger partial charge in [-0.2, -0.15) is 0 Å². The summed E-state index contributed by atoms with van der Waals surface area (Å²) in [6.07, 6.45) is 10.1. The molecular formula is C13H24OSi. The van der Waals surface area contributed by atoms with Gasteiger partial charge in [0, 0.05) is 0 Å². The van der Waals surface area contributed by atoms with Crippen LogP contribution in [0.1, 0.15) is 34.1 Å². The van der Waals surface area contributed by atoms with E-state index in [1.165, 1.54) is 0 Å². The molecule has 0 aliphatic heterocycles. The van der Waals surface area contributed by atoms with Crippen LogP contribution in [0.3, 0.4) is 0 Å². The van der Waals surface area contributed by atoms with Crippen molar-refractivity contribution in [1.29, 1.82) is 0 Å². The van der Waals surface area contributed by atoms with Crippen molar-refractivity contribution in [2.75, 3.05) is 0 Å². The highest BCUT2D eigenvalue weighted by Gasteiger charge is 2.38. The van der Waals surface area contributed by atoms with E-state index in [1.54, 1.807) is 6.08 Å². The molecule has 0 saturated heterocycles. The highest BCUT2D eigenvalue weighted by Crippen LogP contribution is 2.37. The fraction of sp³-hybridized carbons (Fsp3) is 0.692. The van der Waals surface area contributed by atoms with Crippen LogP contribution in [0.4, 0.5) is 0 Å². The Morgan fingerprint density at radius 2 is 1.93 bits per heavy atom. The molecule has 0 spiro atoms. The normalized spacial score (nSPS) is 15.3. The predicted molar refractivity (Wildman–Crippen MR) is 70.3 cm³/mol. The SMILES string of the molecule is C#C/C=C/[C@H](CC)O[Si](C)(C)C(C)(C)C. The first-order chi connectivity index (χ1) is 6.74. The van der Waals surface area contributed by atoms with E-state index in [0.29, 0.717) is 0 Å². The first-order valence-corrected chi connectivity index (χ1v) is 8.46. The van der Waals surface area contributed by atoms with Gasteiger partial charge >= 0.3 is 0 Å². The zero-order chi connectivity index (χ0) is 12.1. The molecule has 15 heavy (non-hydrogen) atoms. The van der Waals surface area contributed by atoms with Crippen LogP contribution in [0, 0.1) is 12.3 Å². The van der Waals surface area contributed by atoms with Gasteiger partial charge in [-0.15, -0.1) is 6.42 Å². The summed E-state index contributed by atoms with van der Waals surface area (Å²) in [5.74, 6) is 2.51. The van der Waals surface area contributed by atoms with Crippen molar-refractivity contribution < 1.29 is 4.43 Å². The molecule has 0 N–H and O–H groups in total. The number of hydrogen-bond donors (Lipinski definition) is 0. The maximum atomic E-state index is 6.21. The molecule has 86 valence electrons. The van der Waals surface area contributed by atoms with E-state index in [-0.39, 0.29) is 11.1 Å². The van der Waals surface area contributed by atoms with Gasteiger partial charge in [0.2, 0.25) is 0 Å². The number of terminal acetylenes is 1. The molecule has 1 nitrogen and oxygen atoms in total. The van der Waals surface area contributed by atoms with Crippen LogP contribution in [0.2, 0.25) is 18.1 Å². The minimum atomic E-state index is -1.66. The third-order valence-electron chi connectivity index (χ3n) is 3.06. The molecule has 0 aromatic heterocycles. The quantitative estimate of drug-likeness (QED) is 0.518. The number of allylic oxidation sites excluding steroid dienone is 1. The summed E-state index contributed by atoms with van der Waals surface area (Å²) < 4.78 is 6.21. The average molecular weight is 224 g/mol. The topological polar surface area (TPSA) is 9.23 Å². The zero-order valence-corrected chi connectivity index (χ0v) is 11.9. The van der Waals surface area contributed by atoms with E-state index in [0.717, 1.165) is 6.42 Å². The zero-order valence-electron chi connectivity index (χ0n) is 10.9. The van der Waals surface area contributed by atoms with Gasteiger partial charge in [-0.1, -0.05) is 33.6 Å². The largest absolute Gasteiger partial charge is 0.411 e. The maximum Gasteiger partial charge on any atom is 0.192 e. The summed E-state index contributed by atoms with van der Waals surface area (Å²) >= 11 is 0. The van der Waals surface area contributed by atoms with Crippen molar-refractivity contribution in [1.82, 2.24) is 0 Å². The molecule has 0 saturated carbocycles. The molecular weight excluding hydrogens is 200 g/mol. The molecule has 0 heterocycles. The Kier molecular flexibility index (Phi) is 5.34. The molecule has 0 aromatic carbocycles. The van der Waals surface area contributed by atoms with Crippen LogP contribution in [0.15, 0.2) is 12.2 Å². The Balaban J connectivity index is 4.56. The Bertz CT molecular complexity index is 253. The molecule has 0 amide bonds. The third kappa shape index (κ3) is 4.68. The number of rotatable bonds is 4. The van der Waals surface area contributed by atoms with Gasteiger partial charge in [0.15, 0.2) is 8.32 Å². The smallest absolute Gasteiger partial charge is 0.192 e. The van der Waals surface area contributed by atoms with E-state index >= 15 is 0 Å². The van der Waals surface area contributed by atoms with Gasteiger partial charge in [0.25, 0.3) is 0 Å². The Hall–Kier alpha value is -0.523. The van der Waals surface area contributed by atoms with Gasteiger partial charge in [0.05, 0.1) is 6.10 Å². The van der Waals surface area contributed by atoms with Crippen molar-refractivity contribution in [3.05, 3.63) is 12.2 Å². The lowest BCUT2D eigenvalue weighted by atomic mass is 10.2. The lowest BCUT2D eigenvalue weighted by Gasteiger charge is -2.38. The van der Waals surface area contributed by atoms with Crippen molar-refractivity contribution in [3.63, 3.8) is 0 Å². The summed E-state index contributed by atoms with van der Waals surface area (Å²) in [5, 5.41) is 0.254. The van der Waals surface area contributed by atoms with Crippen LogP contribution in [0.25, 0.3) is 0 Å². The monoisotopic (exact) mass is 224 g/mol. The molecule has 0 aliphatic rings. The van der Waals surface area contributed by atoms with Gasteiger partial charge in [-0.05, 0) is 36.7 Å². The first kappa shape index (κ1) is 14.5. The van der Waals surface area contributed by atoms with Gasteiger partial charge in [0.1, 0.15) is 0 Å². The minimum absolute atomic E-state index is 0.168. The molecule has 0 unspecified atom stereocenters. The third-order valence-corrected chi connectivity index (χ3v) is 7.57. The van der Waals surface area contributed by atoms with Crippen LogP contribution in [0.5, 0.6) is 0 Å². The van der Waals surface area contributed by atoms with Crippen molar-refractivity contribution in [2.45, 2.75) is 58.4 Å². The summed E-state index contributed by atoms with van der Waals surface area (Å²) in [7, 11) is -1.66. The highest BCUT2D eigenvalue weighted by molar-refractivity contribution is 6.74. The van der Waals surface area contributed by atoms with Crippen molar-refractivity contribution >= 4 is 8.32 Å². The fourth-order valence-corrected chi connectivity index (χ4v) is 2.33. The van der Waals surface area contributed by atoms with E-state index < -0.39 is 8.32 Å². The van der Waals surface area contributed by atoms with Gasteiger partial charge in [-0.3, -0.25) is 0 Å². The van der Waals surface area contributed by atoms with E-state index in [9.17, 15) is 0 Å². The minimum Gasteiger partial charge on any atom is -0.411 e. The summed E-state index contributed by atoms with van der Waals surface area (Å²) in [4.78, 5) is 0. The Morgan fingerprint density at radius 1 is 1.40 bits per heavy atom. The van der Waals surface area contributed by atoms with E-state index in [4.69, 9.17) is 10.8 Å². The lowest BCUT2D eigenvalue weighted by molar-refractivity contribution is 0.221. The van der Waals surface area contributed by atoms with Crippen LogP contribution in [-0.4, -0.2) is 14.4 Å². The first-order valence-electron chi connectivity index (χ1n) is 5.55. The predicted octanol–water partition coefficient (Wildman–Crippen LogP) is 3.98. The highest BCUT2D eigenvalue weighted by atomic mass is 28.4. The standard InChI is InChI=1S/C13H24OSi/c1-8-10-11-12(9-2)14-15(6,7)13(3,4)5/h1,10-12H,9H2,2-7H3/b11-10+/t12-/m0/s1. The Labute approximate surface area is 96.0 Å². The lowest BCUT2D eigenvalue weighted by Crippen LogP contribution is -2.43. The van der Waals surface area contributed by atoms with E-state index in [2.05, 4.69) is 46.7 Å². The average Bonchev–Trinajstić information content (AvgIpc) is 2.10. The second-order valence-electron chi connectivity index (χ2n) is 5.35. The summed E-state index contributed by atoms with van der Waals surface area (Å²) in [6.45, 7) is 13.4. The number of hydrogen-bond acceptors (Lipinski definition) is 1. The molecule has 0 rings (SSSR count). The molecule has 0 radical (unpaired) electrons. The van der Waals surface area contributed by atoms with Crippen molar-refractivity contribution in [3.8, 4) is 12.3 Å².